The molecule has 7 nitrogen and oxygen atoms in total. The highest BCUT2D eigenvalue weighted by atomic mass is 19.4. The van der Waals surface area contributed by atoms with Crippen molar-refractivity contribution in [3.8, 4) is 22.7 Å². The number of pyridine rings is 1. The first kappa shape index (κ1) is 25.4. The predicted octanol–water partition coefficient (Wildman–Crippen LogP) is 5.48. The second-order valence-corrected chi connectivity index (χ2v) is 8.12. The van der Waals surface area contributed by atoms with Crippen LogP contribution in [0, 0.1) is 6.92 Å². The highest BCUT2D eigenvalue weighted by molar-refractivity contribution is 6.08. The molecule has 0 amide bonds. The van der Waals surface area contributed by atoms with Crippen molar-refractivity contribution in [3.63, 3.8) is 0 Å². The number of hydrogen-bond donors (Lipinski definition) is 1. The molecule has 0 unspecified atom stereocenters. The zero-order valence-corrected chi connectivity index (χ0v) is 19.9. The van der Waals surface area contributed by atoms with Crippen LogP contribution < -0.4 is 15.9 Å². The van der Waals surface area contributed by atoms with Gasteiger partial charge < -0.3 is 10.5 Å². The van der Waals surface area contributed by atoms with Gasteiger partial charge in [-0.3, -0.25) is 9.78 Å². The van der Waals surface area contributed by atoms with Crippen LogP contribution in [-0.4, -0.2) is 26.8 Å². The topological polar surface area (TPSA) is 95.4 Å². The molecule has 2 aromatic carbocycles. The van der Waals surface area contributed by atoms with Crippen LogP contribution in [0.4, 0.5) is 18.9 Å². The van der Waals surface area contributed by atoms with E-state index in [0.717, 1.165) is 29.0 Å². The highest BCUT2D eigenvalue weighted by Gasteiger charge is 2.31. The minimum absolute atomic E-state index is 0.0253. The number of aliphatic imine (C=N–C) groups is 1. The fourth-order valence-electron chi connectivity index (χ4n) is 3.58. The molecule has 0 saturated heterocycles. The fourth-order valence-corrected chi connectivity index (χ4v) is 3.58. The number of hydrogen-bond acceptors (Lipinski definition) is 6. The maximum absolute atomic E-state index is 12.8. The number of allylic oxidation sites excluding steroid dienone is 2. The average molecular weight is 506 g/mol. The molecule has 0 bridgehead atoms. The third-order valence-electron chi connectivity index (χ3n) is 5.12. The SMILES string of the molecule is CC(N)=CC(=Nc1cccc(OC(F)(F)F)c1)c1nn(-c2ccc(-c3ccccn3)cc2C)ccc1=O. The minimum atomic E-state index is -4.85. The van der Waals surface area contributed by atoms with Crippen LogP contribution in [0.15, 0.2) is 101 Å². The quantitative estimate of drug-likeness (QED) is 0.350. The molecule has 0 aliphatic rings. The van der Waals surface area contributed by atoms with Gasteiger partial charge in [0.25, 0.3) is 0 Å². The van der Waals surface area contributed by atoms with E-state index in [9.17, 15) is 18.0 Å². The van der Waals surface area contributed by atoms with Gasteiger partial charge in [0.15, 0.2) is 5.69 Å². The van der Waals surface area contributed by atoms with Gasteiger partial charge >= 0.3 is 6.36 Å². The Labute approximate surface area is 210 Å². The van der Waals surface area contributed by atoms with Gasteiger partial charge in [-0.1, -0.05) is 18.2 Å². The molecule has 0 radical (unpaired) electrons. The summed E-state index contributed by atoms with van der Waals surface area (Å²) < 4.78 is 43.4. The molecule has 0 aliphatic carbocycles. The van der Waals surface area contributed by atoms with Crippen molar-refractivity contribution >= 4 is 11.4 Å². The summed E-state index contributed by atoms with van der Waals surface area (Å²) in [5, 5.41) is 4.48. The van der Waals surface area contributed by atoms with E-state index in [4.69, 9.17) is 5.73 Å². The number of nitrogens with zero attached hydrogens (tertiary/aromatic N) is 4. The van der Waals surface area contributed by atoms with Crippen molar-refractivity contribution in [2.24, 2.45) is 10.7 Å². The second kappa shape index (κ2) is 10.5. The standard InChI is InChI=1S/C27H22F3N5O2/c1-17-14-19(22-8-3-4-12-32-22)9-10-24(17)35-13-11-25(36)26(34-35)23(15-18(2)31)33-20-6-5-7-21(16-20)37-27(28,29)30/h3-16H,31H2,1-2H3. The Bertz CT molecular complexity index is 1540. The van der Waals surface area contributed by atoms with Gasteiger partial charge in [-0.15, -0.1) is 13.2 Å². The third kappa shape index (κ3) is 6.49. The van der Waals surface area contributed by atoms with E-state index < -0.39 is 17.5 Å². The van der Waals surface area contributed by atoms with Crippen molar-refractivity contribution in [1.29, 1.82) is 0 Å². The maximum Gasteiger partial charge on any atom is 0.573 e. The smallest absolute Gasteiger partial charge is 0.406 e. The Hall–Kier alpha value is -4.73. The molecule has 188 valence electrons. The summed E-state index contributed by atoms with van der Waals surface area (Å²) in [5.74, 6) is -0.441. The lowest BCUT2D eigenvalue weighted by molar-refractivity contribution is -0.274. The van der Waals surface area contributed by atoms with Gasteiger partial charge in [-0.05, 0) is 61.9 Å². The molecule has 0 saturated carbocycles. The van der Waals surface area contributed by atoms with Gasteiger partial charge in [0.05, 0.1) is 22.8 Å². The lowest BCUT2D eigenvalue weighted by Gasteiger charge is -2.12. The first-order valence-corrected chi connectivity index (χ1v) is 11.1. The number of ether oxygens (including phenoxy) is 1. The van der Waals surface area contributed by atoms with Crippen molar-refractivity contribution in [2.45, 2.75) is 20.2 Å². The van der Waals surface area contributed by atoms with Crippen molar-refractivity contribution in [3.05, 3.63) is 112 Å². The van der Waals surface area contributed by atoms with Crippen molar-refractivity contribution in [2.75, 3.05) is 0 Å². The van der Waals surface area contributed by atoms with Crippen LogP contribution >= 0.6 is 0 Å². The summed E-state index contributed by atoms with van der Waals surface area (Å²) in [6.45, 7) is 3.51. The van der Waals surface area contributed by atoms with Gasteiger partial charge in [-0.2, -0.15) is 5.10 Å². The Morgan fingerprint density at radius 3 is 2.57 bits per heavy atom. The Balaban J connectivity index is 1.76. The number of alkyl halides is 3. The zero-order chi connectivity index (χ0) is 26.6. The number of rotatable bonds is 6. The zero-order valence-electron chi connectivity index (χ0n) is 19.9. The predicted molar refractivity (Wildman–Crippen MR) is 135 cm³/mol. The summed E-state index contributed by atoms with van der Waals surface area (Å²) in [6, 6.07) is 17.8. The number of nitrogens with two attached hydrogens (primary N) is 1. The van der Waals surface area contributed by atoms with E-state index in [0.29, 0.717) is 11.4 Å². The van der Waals surface area contributed by atoms with Crippen LogP contribution in [0.5, 0.6) is 5.75 Å². The van der Waals surface area contributed by atoms with Crippen LogP contribution in [0.2, 0.25) is 0 Å². The third-order valence-corrected chi connectivity index (χ3v) is 5.12. The molecule has 4 rings (SSSR count). The van der Waals surface area contributed by atoms with Crippen molar-refractivity contribution < 1.29 is 17.9 Å². The second-order valence-electron chi connectivity index (χ2n) is 8.12. The summed E-state index contributed by atoms with van der Waals surface area (Å²) in [7, 11) is 0. The lowest BCUT2D eigenvalue weighted by Crippen LogP contribution is -2.21. The number of aryl methyl sites for hydroxylation is 1. The van der Waals surface area contributed by atoms with Crippen molar-refractivity contribution in [1.82, 2.24) is 14.8 Å². The molecule has 2 heterocycles. The normalized spacial score (nSPS) is 12.5. The fraction of sp³-hybridized carbons (Fsp3) is 0.111. The number of aromatic nitrogens is 3. The summed E-state index contributed by atoms with van der Waals surface area (Å²) in [5.41, 5.74) is 9.28. The van der Waals surface area contributed by atoms with E-state index >= 15 is 0 Å². The monoisotopic (exact) mass is 505 g/mol. The Kier molecular flexibility index (Phi) is 7.19. The van der Waals surface area contributed by atoms with Gasteiger partial charge in [0.1, 0.15) is 5.75 Å². The molecule has 0 atom stereocenters. The molecule has 0 fully saturated rings. The van der Waals surface area contributed by atoms with E-state index in [-0.39, 0.29) is 17.1 Å². The van der Waals surface area contributed by atoms with E-state index in [2.05, 4.69) is 19.8 Å². The van der Waals surface area contributed by atoms with Crippen LogP contribution in [-0.2, 0) is 0 Å². The molecule has 37 heavy (non-hydrogen) atoms. The van der Waals surface area contributed by atoms with Gasteiger partial charge in [0, 0.05) is 35.8 Å². The van der Waals surface area contributed by atoms with E-state index in [1.165, 1.54) is 35.2 Å². The van der Waals surface area contributed by atoms with Crippen LogP contribution in [0.1, 0.15) is 18.2 Å². The molecule has 2 N–H and O–H groups in total. The Morgan fingerprint density at radius 2 is 1.89 bits per heavy atom. The molecular weight excluding hydrogens is 483 g/mol. The molecule has 0 aliphatic heterocycles. The van der Waals surface area contributed by atoms with Crippen LogP contribution in [0.25, 0.3) is 16.9 Å². The summed E-state index contributed by atoms with van der Waals surface area (Å²) >= 11 is 0. The minimum Gasteiger partial charge on any atom is -0.406 e. The maximum atomic E-state index is 12.8. The van der Waals surface area contributed by atoms with Crippen LogP contribution in [0.3, 0.4) is 0 Å². The summed E-state index contributed by atoms with van der Waals surface area (Å²) in [6.07, 6.45) is -0.171. The van der Waals surface area contributed by atoms with E-state index in [1.807, 2.05) is 43.3 Å². The first-order valence-electron chi connectivity index (χ1n) is 11.1. The Morgan fingerprint density at radius 1 is 1.08 bits per heavy atom. The summed E-state index contributed by atoms with van der Waals surface area (Å²) in [4.78, 5) is 21.5. The number of benzene rings is 2. The van der Waals surface area contributed by atoms with E-state index in [1.54, 1.807) is 13.1 Å². The molecule has 4 aromatic rings. The molecule has 10 heteroatoms. The van der Waals surface area contributed by atoms with Gasteiger partial charge in [-0.25, -0.2) is 9.67 Å². The van der Waals surface area contributed by atoms with Gasteiger partial charge in [0.2, 0.25) is 5.43 Å². The molecule has 2 aromatic heterocycles. The lowest BCUT2D eigenvalue weighted by atomic mass is 10.1. The first-order chi connectivity index (χ1) is 17.6. The molecule has 0 spiro atoms. The molecular formula is C27H22F3N5O2. The average Bonchev–Trinajstić information content (AvgIpc) is 2.83. The highest BCUT2D eigenvalue weighted by Crippen LogP contribution is 2.27. The number of halogens is 3. The largest absolute Gasteiger partial charge is 0.573 e.